The Morgan fingerprint density at radius 1 is 1.13 bits per heavy atom. The third kappa shape index (κ3) is 3.60. The maximum atomic E-state index is 4.54. The molecule has 0 saturated heterocycles. The van der Waals surface area contributed by atoms with Crippen molar-refractivity contribution in [3.8, 4) is 11.3 Å². The molecule has 0 amide bonds. The Hall–Kier alpha value is -2.16. The fourth-order valence-electron chi connectivity index (χ4n) is 7.15. The first-order chi connectivity index (χ1) is 14.9. The van der Waals surface area contributed by atoms with Crippen LogP contribution >= 0.6 is 0 Å². The zero-order valence-electron chi connectivity index (χ0n) is 19.6. The third-order valence-electron chi connectivity index (χ3n) is 8.84. The number of benzene rings is 1. The number of nitrogens with zero attached hydrogens (tertiary/aromatic N) is 3. The van der Waals surface area contributed by atoms with Gasteiger partial charge in [0.1, 0.15) is 5.69 Å². The lowest BCUT2D eigenvalue weighted by Gasteiger charge is -2.58. The summed E-state index contributed by atoms with van der Waals surface area (Å²) in [7, 11) is 0. The van der Waals surface area contributed by atoms with Gasteiger partial charge in [0.25, 0.3) is 0 Å². The quantitative estimate of drug-likeness (QED) is 0.534. The summed E-state index contributed by atoms with van der Waals surface area (Å²) in [6, 6.07) is 10.4. The van der Waals surface area contributed by atoms with Crippen molar-refractivity contribution in [2.75, 3.05) is 0 Å². The summed E-state index contributed by atoms with van der Waals surface area (Å²) in [6.07, 6.45) is 15.1. The molecule has 3 aliphatic carbocycles. The fourth-order valence-corrected chi connectivity index (χ4v) is 7.15. The van der Waals surface area contributed by atoms with Gasteiger partial charge in [0.2, 0.25) is 0 Å². The molecule has 2 unspecified atom stereocenters. The molecule has 0 aliphatic heterocycles. The number of allylic oxidation sites excluding steroid dienone is 4. The van der Waals surface area contributed by atoms with Crippen LogP contribution in [-0.2, 0) is 6.54 Å². The average Bonchev–Trinajstić information content (AvgIpc) is 3.22. The van der Waals surface area contributed by atoms with E-state index in [1.807, 2.05) is 6.07 Å². The van der Waals surface area contributed by atoms with E-state index in [0.717, 1.165) is 23.7 Å². The van der Waals surface area contributed by atoms with Crippen LogP contribution in [0.1, 0.15) is 66.2 Å². The van der Waals surface area contributed by atoms with Crippen molar-refractivity contribution >= 4 is 0 Å². The molecule has 1 saturated carbocycles. The van der Waals surface area contributed by atoms with Crippen LogP contribution in [0, 0.1) is 28.6 Å². The summed E-state index contributed by atoms with van der Waals surface area (Å²) in [5, 5.41) is 9.03. The van der Waals surface area contributed by atoms with E-state index in [0.29, 0.717) is 17.3 Å². The van der Waals surface area contributed by atoms with E-state index < -0.39 is 0 Å². The van der Waals surface area contributed by atoms with Crippen LogP contribution in [0.2, 0.25) is 0 Å². The second-order valence-corrected chi connectivity index (χ2v) is 11.1. The topological polar surface area (TPSA) is 30.7 Å². The van der Waals surface area contributed by atoms with Crippen LogP contribution in [0.4, 0.5) is 0 Å². The molecule has 2 aromatic rings. The van der Waals surface area contributed by atoms with Crippen molar-refractivity contribution in [3.63, 3.8) is 0 Å². The summed E-state index contributed by atoms with van der Waals surface area (Å²) in [5.74, 6) is 2.11. The molecule has 0 N–H and O–H groups in total. The Morgan fingerprint density at radius 2 is 1.94 bits per heavy atom. The second-order valence-electron chi connectivity index (χ2n) is 11.1. The lowest BCUT2D eigenvalue weighted by molar-refractivity contribution is -0.0588. The molecule has 1 aromatic carbocycles. The van der Waals surface area contributed by atoms with Gasteiger partial charge in [-0.3, -0.25) is 4.68 Å². The zero-order chi connectivity index (χ0) is 21.6. The highest BCUT2D eigenvalue weighted by atomic mass is 15.4. The highest BCUT2D eigenvalue weighted by molar-refractivity contribution is 5.57. The second kappa shape index (κ2) is 7.76. The Bertz CT molecular complexity index is 998. The van der Waals surface area contributed by atoms with E-state index in [-0.39, 0.29) is 5.41 Å². The maximum Gasteiger partial charge on any atom is 0.113 e. The number of aromatic nitrogens is 3. The minimum absolute atomic E-state index is 0.263. The van der Waals surface area contributed by atoms with Crippen LogP contribution in [0.5, 0.6) is 0 Å². The molecule has 0 radical (unpaired) electrons. The van der Waals surface area contributed by atoms with Gasteiger partial charge in [0, 0.05) is 12.1 Å². The van der Waals surface area contributed by atoms with E-state index >= 15 is 0 Å². The van der Waals surface area contributed by atoms with Crippen molar-refractivity contribution in [1.29, 1.82) is 0 Å². The summed E-state index contributed by atoms with van der Waals surface area (Å²) < 4.78 is 2.12. The lowest BCUT2D eigenvalue weighted by atomic mass is 9.47. The molecule has 0 bridgehead atoms. The van der Waals surface area contributed by atoms with Gasteiger partial charge in [0.05, 0.1) is 6.20 Å². The van der Waals surface area contributed by atoms with Gasteiger partial charge in [-0.25, -0.2) is 0 Å². The van der Waals surface area contributed by atoms with Gasteiger partial charge in [-0.2, -0.15) is 0 Å². The summed E-state index contributed by atoms with van der Waals surface area (Å²) in [5.41, 5.74) is 6.08. The predicted octanol–water partition coefficient (Wildman–Crippen LogP) is 7.08. The normalized spacial score (nSPS) is 32.8. The van der Waals surface area contributed by atoms with Crippen molar-refractivity contribution in [1.82, 2.24) is 15.0 Å². The predicted molar refractivity (Wildman–Crippen MR) is 127 cm³/mol. The molecule has 1 aromatic heterocycles. The number of hydrogen-bond donors (Lipinski definition) is 0. The number of rotatable bonds is 4. The minimum Gasteiger partial charge on any atom is -0.251 e. The molecule has 3 nitrogen and oxygen atoms in total. The van der Waals surface area contributed by atoms with Crippen LogP contribution in [0.3, 0.4) is 0 Å². The molecular formula is C28H37N3. The van der Waals surface area contributed by atoms with Crippen LogP contribution in [0.15, 0.2) is 59.8 Å². The van der Waals surface area contributed by atoms with Crippen molar-refractivity contribution in [2.24, 2.45) is 28.6 Å². The summed E-state index contributed by atoms with van der Waals surface area (Å²) >= 11 is 0. The molecule has 1 heterocycles. The monoisotopic (exact) mass is 415 g/mol. The van der Waals surface area contributed by atoms with E-state index in [1.165, 1.54) is 38.5 Å². The Labute approximate surface area is 187 Å². The first-order valence-corrected chi connectivity index (χ1v) is 12.3. The van der Waals surface area contributed by atoms with Crippen molar-refractivity contribution in [3.05, 3.63) is 59.8 Å². The molecule has 0 spiro atoms. The number of hydrogen-bond acceptors (Lipinski definition) is 2. The zero-order valence-corrected chi connectivity index (χ0v) is 19.6. The Kier molecular flexibility index (Phi) is 5.19. The SMILES string of the molecule is CC(C)C1=CC2=CCC3[C@](C)(Cn4cc(-c5ccccc5)nn4)CCC[C@]3(C)C2CC1. The van der Waals surface area contributed by atoms with Gasteiger partial charge in [-0.1, -0.05) is 87.4 Å². The molecular weight excluding hydrogens is 378 g/mol. The van der Waals surface area contributed by atoms with Crippen molar-refractivity contribution in [2.45, 2.75) is 72.8 Å². The third-order valence-corrected chi connectivity index (χ3v) is 8.84. The molecule has 1 fully saturated rings. The minimum atomic E-state index is 0.263. The van der Waals surface area contributed by atoms with E-state index in [4.69, 9.17) is 0 Å². The maximum absolute atomic E-state index is 4.54. The molecule has 31 heavy (non-hydrogen) atoms. The van der Waals surface area contributed by atoms with Gasteiger partial charge >= 0.3 is 0 Å². The largest absolute Gasteiger partial charge is 0.251 e. The lowest BCUT2D eigenvalue weighted by Crippen LogP contribution is -2.51. The molecule has 5 rings (SSSR count). The fraction of sp³-hybridized carbons (Fsp3) is 0.571. The first-order valence-electron chi connectivity index (χ1n) is 12.3. The number of fused-ring (bicyclic) bond motifs is 3. The highest BCUT2D eigenvalue weighted by Crippen LogP contribution is 2.62. The van der Waals surface area contributed by atoms with Gasteiger partial charge in [0.15, 0.2) is 0 Å². The van der Waals surface area contributed by atoms with Crippen LogP contribution < -0.4 is 0 Å². The van der Waals surface area contributed by atoms with E-state index in [1.54, 1.807) is 11.1 Å². The smallest absolute Gasteiger partial charge is 0.113 e. The average molecular weight is 416 g/mol. The molecule has 3 heteroatoms. The summed E-state index contributed by atoms with van der Waals surface area (Å²) in [6.45, 7) is 10.8. The van der Waals surface area contributed by atoms with E-state index in [2.05, 4.69) is 85.3 Å². The summed E-state index contributed by atoms with van der Waals surface area (Å²) in [4.78, 5) is 0. The van der Waals surface area contributed by atoms with E-state index in [9.17, 15) is 0 Å². The highest BCUT2D eigenvalue weighted by Gasteiger charge is 2.54. The van der Waals surface area contributed by atoms with Gasteiger partial charge in [-0.15, -0.1) is 5.10 Å². The first kappa shape index (κ1) is 20.7. The van der Waals surface area contributed by atoms with Gasteiger partial charge < -0.3 is 0 Å². The van der Waals surface area contributed by atoms with Crippen LogP contribution in [-0.4, -0.2) is 15.0 Å². The molecule has 4 atom stereocenters. The molecule has 164 valence electrons. The molecule has 3 aliphatic rings. The standard InChI is InChI=1S/C28H37N3/c1-20(2)22-11-13-24-23(17-22)12-14-26-27(3,15-8-16-28(24,26)4)19-31-18-25(29-30-31)21-9-6-5-7-10-21/h5-7,9-10,12,17-18,20,24,26H,8,11,13-16,19H2,1-4H3/t24?,26?,27-,28+/m0/s1. The van der Waals surface area contributed by atoms with Crippen LogP contribution in [0.25, 0.3) is 11.3 Å². The Morgan fingerprint density at radius 3 is 2.71 bits per heavy atom. The van der Waals surface area contributed by atoms with Crippen molar-refractivity contribution < 1.29 is 0 Å². The Balaban J connectivity index is 1.42. The van der Waals surface area contributed by atoms with Gasteiger partial charge in [-0.05, 0) is 66.3 Å².